The fraction of sp³-hybridized carbons (Fsp3) is 0.538. The first kappa shape index (κ1) is 14.4. The number of ether oxygens (including phenoxy) is 2. The molecule has 1 aliphatic rings. The van der Waals surface area contributed by atoms with Crippen LogP contribution in [0, 0.1) is 5.92 Å². The molecule has 0 aromatic carbocycles. The molecular weight excluding hydrogens is 260 g/mol. The highest BCUT2D eigenvalue weighted by Crippen LogP contribution is 2.30. The Kier molecular flexibility index (Phi) is 5.00. The second-order valence-corrected chi connectivity index (χ2v) is 4.79. The predicted molar refractivity (Wildman–Crippen MR) is 75.4 cm³/mol. The van der Waals surface area contributed by atoms with Crippen LogP contribution in [0.2, 0.25) is 0 Å². The summed E-state index contributed by atoms with van der Waals surface area (Å²) in [6.45, 7) is 1.48. The standard InChI is InChI=1S/C13H20N4O3/c14-10-3-4-12(16-5-6-19-8-11(15)18)17-13(10)20-7-9-1-2-9/h3-4,9H,1-2,5-8,14H2,(H2,15,18)(H,16,17). The maximum atomic E-state index is 10.5. The molecule has 0 aliphatic heterocycles. The van der Waals surface area contributed by atoms with E-state index in [1.807, 2.05) is 0 Å². The molecule has 0 saturated heterocycles. The molecule has 0 radical (unpaired) electrons. The minimum atomic E-state index is -0.480. The van der Waals surface area contributed by atoms with E-state index in [1.165, 1.54) is 12.8 Å². The molecule has 1 aromatic rings. The molecule has 7 nitrogen and oxygen atoms in total. The topological polar surface area (TPSA) is 112 Å². The van der Waals surface area contributed by atoms with Crippen molar-refractivity contribution >= 4 is 17.4 Å². The minimum Gasteiger partial charge on any atom is -0.476 e. The van der Waals surface area contributed by atoms with Gasteiger partial charge in [-0.05, 0) is 30.9 Å². The van der Waals surface area contributed by atoms with Gasteiger partial charge in [-0.25, -0.2) is 0 Å². The summed E-state index contributed by atoms with van der Waals surface area (Å²) in [6, 6.07) is 3.52. The minimum absolute atomic E-state index is 0.0768. The molecule has 1 saturated carbocycles. The smallest absolute Gasteiger partial charge is 0.243 e. The van der Waals surface area contributed by atoms with Crippen molar-refractivity contribution in [3.63, 3.8) is 0 Å². The number of hydrogen-bond acceptors (Lipinski definition) is 6. The molecule has 1 aromatic heterocycles. The van der Waals surface area contributed by atoms with Crippen LogP contribution in [0.1, 0.15) is 12.8 Å². The largest absolute Gasteiger partial charge is 0.476 e. The number of carbonyl (C=O) groups excluding carboxylic acids is 1. The lowest BCUT2D eigenvalue weighted by atomic mass is 10.4. The summed E-state index contributed by atoms with van der Waals surface area (Å²) in [5.74, 6) is 1.29. The highest BCUT2D eigenvalue weighted by Gasteiger charge is 2.22. The maximum Gasteiger partial charge on any atom is 0.243 e. The number of nitrogens with one attached hydrogen (secondary N) is 1. The molecule has 7 heteroatoms. The maximum absolute atomic E-state index is 10.5. The molecule has 20 heavy (non-hydrogen) atoms. The third-order valence-electron chi connectivity index (χ3n) is 2.84. The summed E-state index contributed by atoms with van der Waals surface area (Å²) in [7, 11) is 0. The van der Waals surface area contributed by atoms with Gasteiger partial charge < -0.3 is 26.3 Å². The number of anilines is 2. The number of hydrogen-bond donors (Lipinski definition) is 3. The lowest BCUT2D eigenvalue weighted by Gasteiger charge is -2.10. The summed E-state index contributed by atoms with van der Waals surface area (Å²) >= 11 is 0. The van der Waals surface area contributed by atoms with Crippen LogP contribution in [0.3, 0.4) is 0 Å². The lowest BCUT2D eigenvalue weighted by molar-refractivity contribution is -0.122. The molecule has 0 unspecified atom stereocenters. The average Bonchev–Trinajstić information content (AvgIpc) is 3.22. The number of nitrogens with zero attached hydrogens (tertiary/aromatic N) is 1. The molecule has 1 heterocycles. The molecule has 2 rings (SSSR count). The second-order valence-electron chi connectivity index (χ2n) is 4.79. The SMILES string of the molecule is NC(=O)COCCNc1ccc(N)c(OCC2CC2)n1. The van der Waals surface area contributed by atoms with Crippen molar-refractivity contribution in [3.8, 4) is 5.88 Å². The van der Waals surface area contributed by atoms with E-state index >= 15 is 0 Å². The van der Waals surface area contributed by atoms with E-state index in [0.717, 1.165) is 0 Å². The van der Waals surface area contributed by atoms with Gasteiger partial charge in [0, 0.05) is 6.54 Å². The predicted octanol–water partition coefficient (Wildman–Crippen LogP) is 0.366. The van der Waals surface area contributed by atoms with Gasteiger partial charge in [0.1, 0.15) is 12.4 Å². The summed E-state index contributed by atoms with van der Waals surface area (Å²) in [4.78, 5) is 14.8. The zero-order valence-electron chi connectivity index (χ0n) is 11.3. The molecule has 110 valence electrons. The normalized spacial score (nSPS) is 14.0. The van der Waals surface area contributed by atoms with Crippen molar-refractivity contribution in [1.29, 1.82) is 0 Å². The summed E-state index contributed by atoms with van der Waals surface area (Å²) in [6.07, 6.45) is 2.43. The zero-order chi connectivity index (χ0) is 14.4. The van der Waals surface area contributed by atoms with Crippen LogP contribution in [0.15, 0.2) is 12.1 Å². The first-order chi connectivity index (χ1) is 9.65. The Labute approximate surface area is 117 Å². The van der Waals surface area contributed by atoms with Crippen molar-refractivity contribution < 1.29 is 14.3 Å². The molecular formula is C13H20N4O3. The van der Waals surface area contributed by atoms with Crippen molar-refractivity contribution in [2.24, 2.45) is 11.7 Å². The van der Waals surface area contributed by atoms with Crippen LogP contribution in [0.25, 0.3) is 0 Å². The van der Waals surface area contributed by atoms with Crippen LogP contribution in [-0.4, -0.2) is 37.3 Å². The van der Waals surface area contributed by atoms with Crippen molar-refractivity contribution in [2.45, 2.75) is 12.8 Å². The second kappa shape index (κ2) is 6.95. The number of carbonyl (C=O) groups is 1. The quantitative estimate of drug-likeness (QED) is 0.563. The molecule has 1 fully saturated rings. The highest BCUT2D eigenvalue weighted by atomic mass is 16.5. The first-order valence-corrected chi connectivity index (χ1v) is 6.64. The Morgan fingerprint density at radius 1 is 1.45 bits per heavy atom. The third-order valence-corrected chi connectivity index (χ3v) is 2.84. The number of rotatable bonds is 9. The molecule has 0 spiro atoms. The van der Waals surface area contributed by atoms with Gasteiger partial charge in [-0.3, -0.25) is 4.79 Å². The Morgan fingerprint density at radius 2 is 2.25 bits per heavy atom. The lowest BCUT2D eigenvalue weighted by Crippen LogP contribution is -2.20. The van der Waals surface area contributed by atoms with Crippen LogP contribution in [0.4, 0.5) is 11.5 Å². The van der Waals surface area contributed by atoms with Gasteiger partial charge in [0.2, 0.25) is 11.8 Å². The number of amides is 1. The van der Waals surface area contributed by atoms with Gasteiger partial charge >= 0.3 is 0 Å². The first-order valence-electron chi connectivity index (χ1n) is 6.64. The fourth-order valence-corrected chi connectivity index (χ4v) is 1.57. The highest BCUT2D eigenvalue weighted by molar-refractivity contribution is 5.74. The molecule has 1 aliphatic carbocycles. The van der Waals surface area contributed by atoms with E-state index in [4.69, 9.17) is 20.9 Å². The Hall–Kier alpha value is -2.02. The van der Waals surface area contributed by atoms with Gasteiger partial charge in [0.15, 0.2) is 0 Å². The van der Waals surface area contributed by atoms with Crippen LogP contribution in [0.5, 0.6) is 5.88 Å². The van der Waals surface area contributed by atoms with Gasteiger partial charge in [-0.15, -0.1) is 0 Å². The van der Waals surface area contributed by atoms with Gasteiger partial charge in [-0.2, -0.15) is 4.98 Å². The number of aromatic nitrogens is 1. The number of pyridine rings is 1. The summed E-state index contributed by atoms with van der Waals surface area (Å²) < 4.78 is 10.6. The van der Waals surface area contributed by atoms with E-state index in [0.29, 0.717) is 43.1 Å². The Morgan fingerprint density at radius 3 is 2.95 bits per heavy atom. The van der Waals surface area contributed by atoms with Crippen LogP contribution >= 0.6 is 0 Å². The molecule has 5 N–H and O–H groups in total. The van der Waals surface area contributed by atoms with E-state index in [9.17, 15) is 4.79 Å². The number of nitrogens with two attached hydrogens (primary N) is 2. The van der Waals surface area contributed by atoms with Crippen LogP contribution < -0.4 is 21.5 Å². The zero-order valence-corrected chi connectivity index (χ0v) is 11.3. The fourth-order valence-electron chi connectivity index (χ4n) is 1.57. The van der Waals surface area contributed by atoms with E-state index in [1.54, 1.807) is 12.1 Å². The monoisotopic (exact) mass is 280 g/mol. The van der Waals surface area contributed by atoms with E-state index in [-0.39, 0.29) is 6.61 Å². The van der Waals surface area contributed by atoms with Crippen molar-refractivity contribution in [3.05, 3.63) is 12.1 Å². The van der Waals surface area contributed by atoms with Crippen molar-refractivity contribution in [2.75, 3.05) is 37.4 Å². The molecule has 0 atom stereocenters. The summed E-state index contributed by atoms with van der Waals surface area (Å²) in [5.41, 5.74) is 11.3. The van der Waals surface area contributed by atoms with Crippen molar-refractivity contribution in [1.82, 2.24) is 4.98 Å². The number of primary amides is 1. The molecule has 1 amide bonds. The average molecular weight is 280 g/mol. The number of nitrogen functional groups attached to an aromatic ring is 1. The molecule has 0 bridgehead atoms. The van der Waals surface area contributed by atoms with Gasteiger partial charge in [0.05, 0.1) is 18.9 Å². The van der Waals surface area contributed by atoms with Gasteiger partial charge in [-0.1, -0.05) is 0 Å². The Balaban J connectivity index is 1.75. The van der Waals surface area contributed by atoms with E-state index < -0.39 is 5.91 Å². The van der Waals surface area contributed by atoms with Gasteiger partial charge in [0.25, 0.3) is 0 Å². The van der Waals surface area contributed by atoms with Crippen LogP contribution in [-0.2, 0) is 9.53 Å². The summed E-state index contributed by atoms with van der Waals surface area (Å²) in [5, 5.41) is 3.07. The third kappa shape index (κ3) is 4.93. The van der Waals surface area contributed by atoms with E-state index in [2.05, 4.69) is 10.3 Å². The Bertz CT molecular complexity index is 463.